The van der Waals surface area contributed by atoms with Crippen LogP contribution in [0.2, 0.25) is 0 Å². The smallest absolute Gasteiger partial charge is 0.326 e. The number of aryl methyl sites for hydroxylation is 1. The third-order valence-corrected chi connectivity index (χ3v) is 7.62. The van der Waals surface area contributed by atoms with Crippen molar-refractivity contribution in [2.75, 3.05) is 5.32 Å². The topological polar surface area (TPSA) is 215 Å². The molecule has 1 fully saturated rings. The van der Waals surface area contributed by atoms with Gasteiger partial charge in [-0.05, 0) is 64.7 Å². The van der Waals surface area contributed by atoms with E-state index in [1.807, 2.05) is 6.92 Å². The van der Waals surface area contributed by atoms with Crippen LogP contribution in [0.25, 0.3) is 0 Å². The number of hydrogen-bond donors (Lipinski definition) is 8. The van der Waals surface area contributed by atoms with Crippen LogP contribution >= 0.6 is 0 Å². The fourth-order valence-corrected chi connectivity index (χ4v) is 4.37. The second kappa shape index (κ2) is 11.6. The van der Waals surface area contributed by atoms with Crippen molar-refractivity contribution in [3.8, 4) is 0 Å². The predicted octanol–water partition coefficient (Wildman–Crippen LogP) is -0.598. The number of benzene rings is 1. The molecule has 0 radical (unpaired) electrons. The van der Waals surface area contributed by atoms with E-state index in [1.165, 1.54) is 0 Å². The third kappa shape index (κ3) is 6.56. The average molecular weight is 554 g/mol. The van der Waals surface area contributed by atoms with Crippen molar-refractivity contribution in [1.82, 2.24) is 10.6 Å². The Morgan fingerprint density at radius 3 is 1.92 bits per heavy atom. The number of aliphatic carboxylic acids is 1. The summed E-state index contributed by atoms with van der Waals surface area (Å²) in [6.07, 6.45) is -1.71. The van der Waals surface area contributed by atoms with Crippen molar-refractivity contribution in [2.24, 2.45) is 0 Å². The summed E-state index contributed by atoms with van der Waals surface area (Å²) < 4.78 is 5.34. The van der Waals surface area contributed by atoms with E-state index in [2.05, 4.69) is 16.0 Å². The summed E-state index contributed by atoms with van der Waals surface area (Å²) in [6, 6.07) is 4.14. The van der Waals surface area contributed by atoms with Gasteiger partial charge in [-0.3, -0.25) is 14.4 Å². The summed E-state index contributed by atoms with van der Waals surface area (Å²) in [5.74, 6) is -6.31. The Balaban J connectivity index is 2.35. The molecule has 1 aromatic carbocycles. The van der Waals surface area contributed by atoms with E-state index in [0.717, 1.165) is 46.6 Å². The van der Waals surface area contributed by atoms with E-state index in [-0.39, 0.29) is 12.8 Å². The van der Waals surface area contributed by atoms with E-state index < -0.39 is 64.5 Å². The Kier molecular flexibility index (Phi) is 9.52. The van der Waals surface area contributed by atoms with E-state index >= 15 is 0 Å². The van der Waals surface area contributed by atoms with Crippen molar-refractivity contribution >= 4 is 29.4 Å². The van der Waals surface area contributed by atoms with E-state index in [4.69, 9.17) is 4.74 Å². The zero-order valence-electron chi connectivity index (χ0n) is 22.9. The molecule has 218 valence electrons. The number of carbonyl (C=O) groups excluding carboxylic acids is 3. The van der Waals surface area contributed by atoms with Gasteiger partial charge in [-0.25, -0.2) is 4.79 Å². The van der Waals surface area contributed by atoms with Gasteiger partial charge < -0.3 is 46.2 Å². The summed E-state index contributed by atoms with van der Waals surface area (Å²) >= 11 is 0. The first-order valence-corrected chi connectivity index (χ1v) is 12.6. The van der Waals surface area contributed by atoms with Crippen LogP contribution in [0, 0.1) is 0 Å². The number of nitrogens with one attached hydrogen (secondary N) is 3. The van der Waals surface area contributed by atoms with Crippen LogP contribution in [-0.2, 0) is 30.3 Å². The van der Waals surface area contributed by atoms with Crippen molar-refractivity contribution < 1.29 is 49.4 Å². The van der Waals surface area contributed by atoms with Gasteiger partial charge in [0.25, 0.3) is 5.91 Å². The Hall–Kier alpha value is -3.10. The van der Waals surface area contributed by atoms with Gasteiger partial charge in [-0.15, -0.1) is 0 Å². The molecule has 13 nitrogen and oxygen atoms in total. The van der Waals surface area contributed by atoms with Crippen LogP contribution in [0.3, 0.4) is 0 Å². The maximum Gasteiger partial charge on any atom is 0.326 e. The minimum absolute atomic E-state index is 0.256. The van der Waals surface area contributed by atoms with Gasteiger partial charge in [-0.2, -0.15) is 0 Å². The minimum atomic E-state index is -2.50. The van der Waals surface area contributed by atoms with Gasteiger partial charge in [-0.1, -0.05) is 19.1 Å². The first-order chi connectivity index (χ1) is 17.8. The van der Waals surface area contributed by atoms with Gasteiger partial charge in [0.05, 0.1) is 0 Å². The number of hydrogen-bond acceptors (Lipinski definition) is 9. The van der Waals surface area contributed by atoms with Crippen LogP contribution < -0.4 is 16.0 Å². The molecule has 2 rings (SSSR count). The highest BCUT2D eigenvalue weighted by Gasteiger charge is 2.71. The van der Waals surface area contributed by atoms with Gasteiger partial charge in [0.1, 0.15) is 28.9 Å². The molecule has 0 bridgehead atoms. The van der Waals surface area contributed by atoms with Crippen LogP contribution in [0.15, 0.2) is 24.3 Å². The lowest BCUT2D eigenvalue weighted by atomic mass is 9.65. The van der Waals surface area contributed by atoms with Crippen molar-refractivity contribution in [1.29, 1.82) is 0 Å². The Labute approximate surface area is 226 Å². The quantitative estimate of drug-likeness (QED) is 0.184. The lowest BCUT2D eigenvalue weighted by Gasteiger charge is -2.59. The summed E-state index contributed by atoms with van der Waals surface area (Å²) in [4.78, 5) is 49.6. The molecule has 1 aromatic rings. The number of amides is 3. The molecular formula is C26H39N3O10. The molecule has 0 aliphatic carbocycles. The van der Waals surface area contributed by atoms with E-state index in [0.29, 0.717) is 5.69 Å². The summed E-state index contributed by atoms with van der Waals surface area (Å²) in [5, 5.41) is 60.2. The zero-order chi connectivity index (χ0) is 30.0. The van der Waals surface area contributed by atoms with Crippen molar-refractivity contribution in [2.45, 2.75) is 102 Å². The molecule has 1 aliphatic rings. The maximum absolute atomic E-state index is 13.3. The molecule has 1 saturated heterocycles. The fraction of sp³-hybridized carbons (Fsp3) is 0.615. The molecule has 7 atom stereocenters. The summed E-state index contributed by atoms with van der Waals surface area (Å²) in [6.45, 7) is 7.19. The largest absolute Gasteiger partial charge is 0.480 e. The first-order valence-electron chi connectivity index (χ1n) is 12.6. The molecule has 8 N–H and O–H groups in total. The molecule has 3 amide bonds. The lowest BCUT2D eigenvalue weighted by Crippen LogP contribution is -2.82. The second-order valence-corrected chi connectivity index (χ2v) is 10.5. The molecule has 0 saturated carbocycles. The highest BCUT2D eigenvalue weighted by molar-refractivity contribution is 5.98. The molecule has 1 aliphatic heterocycles. The molecule has 0 aromatic heterocycles. The van der Waals surface area contributed by atoms with Gasteiger partial charge in [0.2, 0.25) is 11.8 Å². The number of aliphatic hydroxyl groups is 4. The highest BCUT2D eigenvalue weighted by Crippen LogP contribution is 2.48. The normalized spacial score (nSPS) is 32.0. The molecule has 39 heavy (non-hydrogen) atoms. The molecule has 0 spiro atoms. The van der Waals surface area contributed by atoms with Crippen LogP contribution in [0.1, 0.15) is 59.9 Å². The number of ether oxygens (including phenoxy) is 1. The first kappa shape index (κ1) is 32.1. The standard InChI is InChI=1S/C26H39N3O10/c1-7-15-8-10-16(11-9-15)28-20(31)17(12-13-18(22(33)34)27-14(2)30)29-21(32)19-23(3,35)24(4,36)25(5,37)26(6,38)39-19/h8-11,17-19,35-38H,7,12-13H2,1-6H3,(H,27,30)(H,28,31)(H,29,32)(H,33,34)/t17?,18?,19?,23-,24?,25+,26-/m1/s1. The number of carbonyl (C=O) groups is 4. The maximum atomic E-state index is 13.3. The number of rotatable bonds is 10. The summed E-state index contributed by atoms with van der Waals surface area (Å²) in [5.41, 5.74) is -5.93. The fourth-order valence-electron chi connectivity index (χ4n) is 4.37. The zero-order valence-corrected chi connectivity index (χ0v) is 22.9. The molecule has 4 unspecified atom stereocenters. The number of carboxylic acid groups (broad SMARTS) is 1. The summed E-state index contributed by atoms with van der Waals surface area (Å²) in [7, 11) is 0. The van der Waals surface area contributed by atoms with Gasteiger partial charge in [0.15, 0.2) is 11.9 Å². The average Bonchev–Trinajstić information content (AvgIpc) is 2.82. The second-order valence-electron chi connectivity index (χ2n) is 10.5. The Morgan fingerprint density at radius 2 is 1.44 bits per heavy atom. The van der Waals surface area contributed by atoms with Crippen LogP contribution in [-0.4, -0.2) is 90.0 Å². The molecule has 1 heterocycles. The molecule has 13 heteroatoms. The number of carboxylic acids is 1. The van der Waals surface area contributed by atoms with E-state index in [9.17, 15) is 44.7 Å². The predicted molar refractivity (Wildman–Crippen MR) is 138 cm³/mol. The van der Waals surface area contributed by atoms with E-state index in [1.54, 1.807) is 24.3 Å². The Bertz CT molecular complexity index is 1080. The lowest BCUT2D eigenvalue weighted by molar-refractivity contribution is -0.414. The SMILES string of the molecule is CCc1ccc(NC(=O)C(CCC(NC(C)=O)C(=O)O)NC(=O)C2O[C@@](C)(O)[C@@](C)(O)C(C)(O)[C@]2(C)O)cc1. The van der Waals surface area contributed by atoms with Gasteiger partial charge in [0, 0.05) is 12.6 Å². The van der Waals surface area contributed by atoms with Crippen LogP contribution in [0.5, 0.6) is 0 Å². The highest BCUT2D eigenvalue weighted by atomic mass is 16.7. The monoisotopic (exact) mass is 553 g/mol. The van der Waals surface area contributed by atoms with Crippen LogP contribution in [0.4, 0.5) is 5.69 Å². The van der Waals surface area contributed by atoms with Crippen molar-refractivity contribution in [3.05, 3.63) is 29.8 Å². The van der Waals surface area contributed by atoms with Gasteiger partial charge >= 0.3 is 5.97 Å². The van der Waals surface area contributed by atoms with Crippen molar-refractivity contribution in [3.63, 3.8) is 0 Å². The third-order valence-electron chi connectivity index (χ3n) is 7.62. The Morgan fingerprint density at radius 1 is 0.897 bits per heavy atom. The minimum Gasteiger partial charge on any atom is -0.480 e. The number of anilines is 1. The molecular weight excluding hydrogens is 514 g/mol.